The van der Waals surface area contributed by atoms with E-state index in [1.165, 1.54) is 42.2 Å². The summed E-state index contributed by atoms with van der Waals surface area (Å²) in [6.45, 7) is 5.37. The highest BCUT2D eigenvalue weighted by Crippen LogP contribution is 2.33. The highest BCUT2D eigenvalue weighted by atomic mass is 32.2. The maximum Gasteiger partial charge on any atom is 0.383 e. The van der Waals surface area contributed by atoms with Crippen molar-refractivity contribution < 1.29 is 18.3 Å². The van der Waals surface area contributed by atoms with E-state index in [0.29, 0.717) is 15.6 Å². The van der Waals surface area contributed by atoms with E-state index < -0.39 is 6.11 Å². The van der Waals surface area contributed by atoms with Gasteiger partial charge in [0.1, 0.15) is 5.04 Å². The van der Waals surface area contributed by atoms with E-state index in [1.54, 1.807) is 6.08 Å². The summed E-state index contributed by atoms with van der Waals surface area (Å²) in [6.07, 6.45) is 0.555. The van der Waals surface area contributed by atoms with Crippen molar-refractivity contribution in [1.29, 1.82) is 0 Å². The Hall–Kier alpha value is -2.25. The number of aliphatic imine (C=N–C) groups is 1. The summed E-state index contributed by atoms with van der Waals surface area (Å²) >= 11 is 1.25. The molecule has 1 aromatic carbocycles. The van der Waals surface area contributed by atoms with Crippen molar-refractivity contribution in [2.24, 2.45) is 4.99 Å². The van der Waals surface area contributed by atoms with Crippen LogP contribution in [-0.2, 0) is 15.6 Å². The first kappa shape index (κ1) is 18.1. The summed E-state index contributed by atoms with van der Waals surface area (Å²) in [4.78, 5) is 15.6. The van der Waals surface area contributed by atoms with Gasteiger partial charge in [-0.2, -0.15) is 8.78 Å². The number of aldehydes is 1. The van der Waals surface area contributed by atoms with Crippen LogP contribution in [0.2, 0.25) is 0 Å². The summed E-state index contributed by atoms with van der Waals surface area (Å²) in [5, 5.41) is 3.77. The van der Waals surface area contributed by atoms with E-state index in [1.807, 2.05) is 6.92 Å². The molecular formula is C17H16F2N2O2S. The molecule has 0 fully saturated rings. The van der Waals surface area contributed by atoms with Gasteiger partial charge in [-0.25, -0.2) is 4.99 Å². The van der Waals surface area contributed by atoms with Gasteiger partial charge in [0.15, 0.2) is 6.29 Å². The molecule has 1 aromatic rings. The third-order valence-corrected chi connectivity index (χ3v) is 4.24. The van der Waals surface area contributed by atoms with Crippen molar-refractivity contribution in [1.82, 2.24) is 0 Å². The summed E-state index contributed by atoms with van der Waals surface area (Å²) in [7, 11) is 0.954. The van der Waals surface area contributed by atoms with Gasteiger partial charge in [-0.1, -0.05) is 18.3 Å². The van der Waals surface area contributed by atoms with Gasteiger partial charge in [0, 0.05) is 30.3 Å². The summed E-state index contributed by atoms with van der Waals surface area (Å²) in [5.74, 6) is 0. The van der Waals surface area contributed by atoms with Gasteiger partial charge >= 0.3 is 6.11 Å². The van der Waals surface area contributed by atoms with Gasteiger partial charge in [-0.15, -0.1) is 0 Å². The number of hydrogen-bond donors (Lipinski definition) is 1. The number of carbonyl (C=O) groups excluding carboxylic acids is 1. The molecule has 24 heavy (non-hydrogen) atoms. The maximum absolute atomic E-state index is 13.4. The zero-order valence-electron chi connectivity index (χ0n) is 13.2. The number of alkyl halides is 2. The molecule has 2 rings (SSSR count). The summed E-state index contributed by atoms with van der Waals surface area (Å²) in [6, 6.07) is 5.64. The number of nitrogens with one attached hydrogen (secondary N) is 1. The molecule has 1 aliphatic rings. The average molecular weight is 350 g/mol. The van der Waals surface area contributed by atoms with Crippen molar-refractivity contribution in [3.63, 3.8) is 0 Å². The topological polar surface area (TPSA) is 50.7 Å². The van der Waals surface area contributed by atoms with Crippen LogP contribution in [0, 0.1) is 0 Å². The van der Waals surface area contributed by atoms with Gasteiger partial charge in [0.05, 0.1) is 10.5 Å². The third-order valence-electron chi connectivity index (χ3n) is 3.27. The largest absolute Gasteiger partial charge is 0.383 e. The molecule has 7 heteroatoms. The number of thioether (sulfide) groups is 1. The SMILES string of the molecule is C=C/N=C1/SC(C=O)=C/C1=C(/C)Nc1ccc(C(F)(F)OC)cc1. The molecule has 0 bridgehead atoms. The van der Waals surface area contributed by atoms with Crippen LogP contribution >= 0.6 is 11.8 Å². The number of methoxy groups -OCH3 is 1. The molecule has 1 heterocycles. The Bertz CT molecular complexity index is 737. The van der Waals surface area contributed by atoms with E-state index in [-0.39, 0.29) is 5.56 Å². The lowest BCUT2D eigenvalue weighted by molar-refractivity contribution is -0.231. The maximum atomic E-state index is 13.4. The molecule has 1 N–H and O–H groups in total. The monoisotopic (exact) mass is 350 g/mol. The molecule has 126 valence electrons. The first-order chi connectivity index (χ1) is 11.4. The zero-order valence-corrected chi connectivity index (χ0v) is 14.0. The number of rotatable bonds is 6. The minimum absolute atomic E-state index is 0.227. The standard InChI is InChI=1S/C17H16F2N2O2S/c1-4-20-16-15(9-14(10-22)24-16)11(2)21-13-7-5-12(6-8-13)17(18,19)23-3/h4-10,21H,1H2,2-3H3/b15-11+,20-16+. The van der Waals surface area contributed by atoms with Crippen LogP contribution in [0.5, 0.6) is 0 Å². The number of carbonyl (C=O) groups is 1. The van der Waals surface area contributed by atoms with Crippen molar-refractivity contribution in [3.05, 3.63) is 64.9 Å². The Morgan fingerprint density at radius 1 is 1.38 bits per heavy atom. The van der Waals surface area contributed by atoms with Crippen molar-refractivity contribution in [2.45, 2.75) is 13.0 Å². The first-order valence-corrected chi connectivity index (χ1v) is 7.78. The summed E-state index contributed by atoms with van der Waals surface area (Å²) < 4.78 is 31.0. The number of ether oxygens (including phenoxy) is 1. The number of hydrogen-bond acceptors (Lipinski definition) is 5. The number of benzene rings is 1. The second kappa shape index (κ2) is 7.55. The van der Waals surface area contributed by atoms with E-state index in [9.17, 15) is 13.6 Å². The quantitative estimate of drug-likeness (QED) is 0.771. The van der Waals surface area contributed by atoms with Gasteiger partial charge in [0.2, 0.25) is 0 Å². The molecular weight excluding hydrogens is 334 g/mol. The van der Waals surface area contributed by atoms with Gasteiger partial charge in [-0.3, -0.25) is 4.79 Å². The smallest absolute Gasteiger partial charge is 0.359 e. The minimum atomic E-state index is -3.32. The Labute approximate surface area is 143 Å². The molecule has 0 aliphatic carbocycles. The first-order valence-electron chi connectivity index (χ1n) is 6.96. The fraction of sp³-hybridized carbons (Fsp3) is 0.176. The van der Waals surface area contributed by atoms with Crippen LogP contribution in [0.1, 0.15) is 12.5 Å². The Kier molecular flexibility index (Phi) is 5.69. The molecule has 0 saturated heterocycles. The second-order valence-electron chi connectivity index (χ2n) is 4.85. The van der Waals surface area contributed by atoms with E-state index >= 15 is 0 Å². The fourth-order valence-electron chi connectivity index (χ4n) is 2.05. The summed E-state index contributed by atoms with van der Waals surface area (Å²) in [5.41, 5.74) is 1.90. The predicted octanol–water partition coefficient (Wildman–Crippen LogP) is 4.44. The van der Waals surface area contributed by atoms with Crippen molar-refractivity contribution in [2.75, 3.05) is 12.4 Å². The molecule has 0 saturated carbocycles. The van der Waals surface area contributed by atoms with Crippen LogP contribution < -0.4 is 5.32 Å². The number of allylic oxidation sites excluding steroid dienone is 3. The molecule has 0 unspecified atom stereocenters. The number of halogens is 2. The van der Waals surface area contributed by atoms with Crippen LogP contribution in [0.4, 0.5) is 14.5 Å². The van der Waals surface area contributed by atoms with Crippen molar-refractivity contribution in [3.8, 4) is 0 Å². The lowest BCUT2D eigenvalue weighted by atomic mass is 10.1. The van der Waals surface area contributed by atoms with Gasteiger partial charge in [0.25, 0.3) is 0 Å². The third kappa shape index (κ3) is 3.98. The van der Waals surface area contributed by atoms with Crippen LogP contribution in [0.3, 0.4) is 0 Å². The number of nitrogens with zero attached hydrogens (tertiary/aromatic N) is 1. The molecule has 1 aliphatic heterocycles. The minimum Gasteiger partial charge on any atom is -0.359 e. The fourth-order valence-corrected chi connectivity index (χ4v) is 2.95. The average Bonchev–Trinajstić information content (AvgIpc) is 2.99. The lowest BCUT2D eigenvalue weighted by Crippen LogP contribution is -2.15. The molecule has 0 aromatic heterocycles. The van der Waals surface area contributed by atoms with Crippen LogP contribution in [0.15, 0.2) is 64.3 Å². The molecule has 0 radical (unpaired) electrons. The zero-order chi connectivity index (χ0) is 17.7. The van der Waals surface area contributed by atoms with E-state index in [0.717, 1.165) is 24.7 Å². The lowest BCUT2D eigenvalue weighted by Gasteiger charge is -2.15. The van der Waals surface area contributed by atoms with E-state index in [4.69, 9.17) is 0 Å². The number of anilines is 1. The highest BCUT2D eigenvalue weighted by Gasteiger charge is 2.30. The van der Waals surface area contributed by atoms with Gasteiger partial charge < -0.3 is 10.1 Å². The normalized spacial score (nSPS) is 18.3. The van der Waals surface area contributed by atoms with Crippen LogP contribution in [0.25, 0.3) is 0 Å². The molecule has 0 spiro atoms. The highest BCUT2D eigenvalue weighted by molar-refractivity contribution is 8.18. The van der Waals surface area contributed by atoms with Gasteiger partial charge in [-0.05, 0) is 37.3 Å². The molecule has 4 nitrogen and oxygen atoms in total. The molecule has 0 amide bonds. The van der Waals surface area contributed by atoms with E-state index in [2.05, 4.69) is 21.6 Å². The predicted molar refractivity (Wildman–Crippen MR) is 93.0 cm³/mol. The molecule has 0 atom stereocenters. The Balaban J connectivity index is 2.26. The Morgan fingerprint density at radius 2 is 2.04 bits per heavy atom. The van der Waals surface area contributed by atoms with Crippen LogP contribution in [-0.4, -0.2) is 18.4 Å². The second-order valence-corrected chi connectivity index (χ2v) is 5.91. The Morgan fingerprint density at radius 3 is 2.58 bits per heavy atom. The van der Waals surface area contributed by atoms with Crippen molar-refractivity contribution >= 4 is 28.8 Å².